The van der Waals surface area contributed by atoms with Gasteiger partial charge in [-0.3, -0.25) is 4.79 Å². The van der Waals surface area contributed by atoms with E-state index < -0.39 is 0 Å². The Hall–Kier alpha value is -2.79. The van der Waals surface area contributed by atoms with Gasteiger partial charge >= 0.3 is 0 Å². The third-order valence-corrected chi connectivity index (χ3v) is 4.51. The van der Waals surface area contributed by atoms with Crippen LogP contribution in [0.3, 0.4) is 0 Å². The van der Waals surface area contributed by atoms with E-state index in [4.69, 9.17) is 9.47 Å². The molecule has 3 aromatic carbocycles. The Kier molecular flexibility index (Phi) is 5.92. The Morgan fingerprint density at radius 2 is 1.58 bits per heavy atom. The summed E-state index contributed by atoms with van der Waals surface area (Å²) in [5.74, 6) is 1.91. The van der Waals surface area contributed by atoms with Gasteiger partial charge in [-0.15, -0.1) is 0 Å². The molecule has 0 fully saturated rings. The first-order valence-corrected chi connectivity index (χ1v) is 8.91. The number of halogens is 1. The molecule has 0 heterocycles. The second-order valence-electron chi connectivity index (χ2n) is 5.69. The fourth-order valence-corrected chi connectivity index (χ4v) is 2.53. The van der Waals surface area contributed by atoms with Crippen molar-refractivity contribution in [2.24, 2.45) is 0 Å². The number of carbonyl (C=O) groups excluding carboxylic acids is 1. The van der Waals surface area contributed by atoms with Crippen molar-refractivity contribution >= 4 is 27.5 Å². The van der Waals surface area contributed by atoms with E-state index in [0.717, 1.165) is 15.8 Å². The van der Waals surface area contributed by atoms with Crippen molar-refractivity contribution in [1.29, 1.82) is 0 Å². The van der Waals surface area contributed by atoms with Gasteiger partial charge in [-0.1, -0.05) is 34.1 Å². The van der Waals surface area contributed by atoms with Crippen LogP contribution in [0.2, 0.25) is 0 Å². The third kappa shape index (κ3) is 5.10. The van der Waals surface area contributed by atoms with Crippen molar-refractivity contribution in [2.75, 3.05) is 11.9 Å². The topological polar surface area (TPSA) is 47.6 Å². The maximum Gasteiger partial charge on any atom is 0.262 e. The number of para-hydroxylation sites is 1. The molecule has 5 heteroatoms. The van der Waals surface area contributed by atoms with E-state index in [1.54, 1.807) is 12.1 Å². The Morgan fingerprint density at radius 3 is 2.27 bits per heavy atom. The van der Waals surface area contributed by atoms with Gasteiger partial charge in [0.25, 0.3) is 5.91 Å². The zero-order valence-corrected chi connectivity index (χ0v) is 15.8. The Labute approximate surface area is 160 Å². The molecule has 26 heavy (non-hydrogen) atoms. The van der Waals surface area contributed by atoms with Gasteiger partial charge in [0.2, 0.25) is 0 Å². The van der Waals surface area contributed by atoms with Crippen LogP contribution in [-0.4, -0.2) is 12.5 Å². The van der Waals surface area contributed by atoms with E-state index in [9.17, 15) is 4.79 Å². The first-order chi connectivity index (χ1) is 12.6. The van der Waals surface area contributed by atoms with Crippen LogP contribution >= 0.6 is 15.9 Å². The fourth-order valence-electron chi connectivity index (χ4n) is 2.28. The molecule has 0 aliphatic carbocycles. The van der Waals surface area contributed by atoms with Crippen LogP contribution in [0.1, 0.15) is 5.56 Å². The number of amides is 1. The summed E-state index contributed by atoms with van der Waals surface area (Å²) in [6.45, 7) is 1.92. The first-order valence-electron chi connectivity index (χ1n) is 8.12. The van der Waals surface area contributed by atoms with Gasteiger partial charge in [0.15, 0.2) is 6.61 Å². The van der Waals surface area contributed by atoms with Gasteiger partial charge in [0.05, 0.1) is 0 Å². The number of anilines is 1. The second-order valence-corrected chi connectivity index (χ2v) is 6.54. The molecule has 0 atom stereocenters. The van der Waals surface area contributed by atoms with Gasteiger partial charge in [0.1, 0.15) is 17.2 Å². The van der Waals surface area contributed by atoms with E-state index in [1.807, 2.05) is 67.6 Å². The van der Waals surface area contributed by atoms with Gasteiger partial charge in [-0.2, -0.15) is 0 Å². The minimum atomic E-state index is -0.220. The lowest BCUT2D eigenvalue weighted by Crippen LogP contribution is -2.20. The van der Waals surface area contributed by atoms with Crippen LogP contribution < -0.4 is 14.8 Å². The molecule has 0 radical (unpaired) electrons. The first kappa shape index (κ1) is 18.0. The lowest BCUT2D eigenvalue weighted by atomic mass is 10.2. The molecule has 132 valence electrons. The lowest BCUT2D eigenvalue weighted by Gasteiger charge is -2.10. The highest BCUT2D eigenvalue weighted by Gasteiger charge is 2.05. The average molecular weight is 412 g/mol. The predicted octanol–water partition coefficient (Wildman–Crippen LogP) is 5.57. The van der Waals surface area contributed by atoms with Crippen LogP contribution in [0.25, 0.3) is 0 Å². The normalized spacial score (nSPS) is 10.2. The summed E-state index contributed by atoms with van der Waals surface area (Å²) < 4.78 is 12.3. The summed E-state index contributed by atoms with van der Waals surface area (Å²) in [7, 11) is 0. The highest BCUT2D eigenvalue weighted by molar-refractivity contribution is 9.10. The van der Waals surface area contributed by atoms with Crippen molar-refractivity contribution in [2.45, 2.75) is 6.92 Å². The highest BCUT2D eigenvalue weighted by Crippen LogP contribution is 2.23. The van der Waals surface area contributed by atoms with Crippen LogP contribution in [0.5, 0.6) is 17.2 Å². The number of carbonyl (C=O) groups is 1. The highest BCUT2D eigenvalue weighted by atomic mass is 79.9. The summed E-state index contributed by atoms with van der Waals surface area (Å²) in [4.78, 5) is 12.0. The molecule has 3 rings (SSSR count). The molecule has 0 aliphatic rings. The number of rotatable bonds is 6. The Balaban J connectivity index is 1.51. The smallest absolute Gasteiger partial charge is 0.262 e. The molecule has 0 bridgehead atoms. The predicted molar refractivity (Wildman–Crippen MR) is 106 cm³/mol. The largest absolute Gasteiger partial charge is 0.484 e. The van der Waals surface area contributed by atoms with Crippen molar-refractivity contribution in [1.82, 2.24) is 0 Å². The zero-order chi connectivity index (χ0) is 18.4. The minimum absolute atomic E-state index is 0.0522. The summed E-state index contributed by atoms with van der Waals surface area (Å²) in [6, 6.07) is 22.3. The van der Waals surface area contributed by atoms with Crippen LogP contribution in [-0.2, 0) is 4.79 Å². The number of hydrogen-bond acceptors (Lipinski definition) is 3. The summed E-state index contributed by atoms with van der Waals surface area (Å²) in [6.07, 6.45) is 0. The molecule has 1 amide bonds. The number of aryl methyl sites for hydroxylation is 1. The lowest BCUT2D eigenvalue weighted by molar-refractivity contribution is -0.118. The van der Waals surface area contributed by atoms with Crippen molar-refractivity contribution in [3.63, 3.8) is 0 Å². The molecule has 0 saturated heterocycles. The van der Waals surface area contributed by atoms with Crippen LogP contribution in [0.4, 0.5) is 5.69 Å². The van der Waals surface area contributed by atoms with Gasteiger partial charge in [0, 0.05) is 10.2 Å². The molecule has 0 saturated carbocycles. The molecular formula is C21H18BrNO3. The van der Waals surface area contributed by atoms with E-state index in [0.29, 0.717) is 17.2 Å². The van der Waals surface area contributed by atoms with Crippen LogP contribution in [0.15, 0.2) is 77.3 Å². The molecule has 0 aliphatic heterocycles. The van der Waals surface area contributed by atoms with Crippen LogP contribution in [0, 0.1) is 6.92 Å². The molecule has 0 aromatic heterocycles. The monoisotopic (exact) mass is 411 g/mol. The van der Waals surface area contributed by atoms with E-state index in [-0.39, 0.29) is 12.5 Å². The number of nitrogens with one attached hydrogen (secondary N) is 1. The second kappa shape index (κ2) is 8.54. The molecule has 0 unspecified atom stereocenters. The van der Waals surface area contributed by atoms with Crippen molar-refractivity contribution in [3.05, 3.63) is 82.8 Å². The Bertz CT molecular complexity index is 880. The summed E-state index contributed by atoms with van der Waals surface area (Å²) >= 11 is 3.44. The number of benzene rings is 3. The fraction of sp³-hybridized carbons (Fsp3) is 0.0952. The average Bonchev–Trinajstić information content (AvgIpc) is 2.65. The van der Waals surface area contributed by atoms with Gasteiger partial charge < -0.3 is 14.8 Å². The van der Waals surface area contributed by atoms with Crippen molar-refractivity contribution < 1.29 is 14.3 Å². The number of hydrogen-bond donors (Lipinski definition) is 1. The van der Waals surface area contributed by atoms with Gasteiger partial charge in [-0.05, 0) is 67.1 Å². The minimum Gasteiger partial charge on any atom is -0.484 e. The molecule has 1 N–H and O–H groups in total. The molecule has 3 aromatic rings. The SMILES string of the molecule is Cc1cc(OCC(=O)Nc2ccc(Oc3ccccc3)cc2)ccc1Br. The molecule has 4 nitrogen and oxygen atoms in total. The standard InChI is InChI=1S/C21H18BrNO3/c1-15-13-19(11-12-20(15)22)25-14-21(24)23-16-7-9-18(10-8-16)26-17-5-3-2-4-6-17/h2-13H,14H2,1H3,(H,23,24). The third-order valence-electron chi connectivity index (χ3n) is 3.62. The van der Waals surface area contributed by atoms with E-state index in [2.05, 4.69) is 21.2 Å². The zero-order valence-electron chi connectivity index (χ0n) is 14.2. The van der Waals surface area contributed by atoms with E-state index in [1.165, 1.54) is 0 Å². The molecule has 0 spiro atoms. The molecular weight excluding hydrogens is 394 g/mol. The van der Waals surface area contributed by atoms with Gasteiger partial charge in [-0.25, -0.2) is 0 Å². The summed E-state index contributed by atoms with van der Waals surface area (Å²) in [5, 5.41) is 2.80. The quantitative estimate of drug-likeness (QED) is 0.576. The maximum absolute atomic E-state index is 12.0. The van der Waals surface area contributed by atoms with E-state index >= 15 is 0 Å². The number of ether oxygens (including phenoxy) is 2. The van der Waals surface area contributed by atoms with Crippen molar-refractivity contribution in [3.8, 4) is 17.2 Å². The maximum atomic E-state index is 12.0. The Morgan fingerprint density at radius 1 is 0.923 bits per heavy atom. The summed E-state index contributed by atoms with van der Waals surface area (Å²) in [5.41, 5.74) is 1.74.